The van der Waals surface area contributed by atoms with Gasteiger partial charge in [0, 0.05) is 17.1 Å². The molecule has 3 rings (SSSR count). The van der Waals surface area contributed by atoms with Crippen LogP contribution in [-0.2, 0) is 4.74 Å². The molecule has 1 aliphatic rings. The van der Waals surface area contributed by atoms with E-state index >= 15 is 0 Å². The maximum atomic E-state index is 13.2. The van der Waals surface area contributed by atoms with Crippen LogP contribution in [0.25, 0.3) is 0 Å². The Morgan fingerprint density at radius 2 is 2.00 bits per heavy atom. The Labute approximate surface area is 149 Å². The molecule has 1 saturated heterocycles. The Bertz CT molecular complexity index is 782. The molecular weight excluding hydrogens is 352 g/mol. The number of carbonyl (C=O) groups is 1. The van der Waals surface area contributed by atoms with Crippen molar-refractivity contribution in [1.29, 1.82) is 0 Å². The molecule has 2 aromatic rings. The van der Waals surface area contributed by atoms with Crippen molar-refractivity contribution in [3.8, 4) is 0 Å². The summed E-state index contributed by atoms with van der Waals surface area (Å²) in [5.41, 5.74) is 2.13. The van der Waals surface area contributed by atoms with Gasteiger partial charge in [0.15, 0.2) is 0 Å². The number of hydrogen-bond acceptors (Lipinski definition) is 2. The van der Waals surface area contributed by atoms with Gasteiger partial charge >= 0.3 is 0 Å². The Morgan fingerprint density at radius 3 is 2.71 bits per heavy atom. The molecule has 3 nitrogen and oxygen atoms in total. The van der Waals surface area contributed by atoms with Crippen LogP contribution < -0.4 is 0 Å². The zero-order valence-corrected chi connectivity index (χ0v) is 14.6. The van der Waals surface area contributed by atoms with Crippen molar-refractivity contribution in [2.24, 2.45) is 0 Å². The number of halogens is 3. The molecule has 24 heavy (non-hydrogen) atoms. The number of hydrogen-bond donors (Lipinski definition) is 0. The summed E-state index contributed by atoms with van der Waals surface area (Å²) >= 11 is 12.3. The molecule has 2 aromatic carbocycles. The smallest absolute Gasteiger partial charge is 0.255 e. The molecule has 0 bridgehead atoms. The third-order valence-corrected chi connectivity index (χ3v) is 4.66. The monoisotopic (exact) mass is 367 g/mol. The van der Waals surface area contributed by atoms with E-state index < -0.39 is 5.82 Å². The quantitative estimate of drug-likeness (QED) is 0.772. The molecule has 0 aromatic heterocycles. The van der Waals surface area contributed by atoms with Crippen molar-refractivity contribution in [3.05, 3.63) is 69.0 Å². The van der Waals surface area contributed by atoms with Crippen LogP contribution >= 0.6 is 23.2 Å². The number of amides is 1. The Hall–Kier alpha value is -1.62. The third kappa shape index (κ3) is 3.56. The van der Waals surface area contributed by atoms with E-state index in [4.69, 9.17) is 27.9 Å². The minimum atomic E-state index is -0.404. The minimum Gasteiger partial charge on any atom is -0.370 e. The van der Waals surface area contributed by atoms with Gasteiger partial charge in [0.25, 0.3) is 5.91 Å². The van der Waals surface area contributed by atoms with Gasteiger partial charge in [-0.3, -0.25) is 4.79 Å². The van der Waals surface area contributed by atoms with Gasteiger partial charge in [-0.05, 0) is 36.8 Å². The molecule has 1 heterocycles. The van der Waals surface area contributed by atoms with Crippen molar-refractivity contribution in [2.45, 2.75) is 13.0 Å². The summed E-state index contributed by atoms with van der Waals surface area (Å²) in [7, 11) is 0. The van der Waals surface area contributed by atoms with Gasteiger partial charge in [0.2, 0.25) is 0 Å². The molecule has 126 valence electrons. The first-order chi connectivity index (χ1) is 11.5. The number of rotatable bonds is 2. The van der Waals surface area contributed by atoms with E-state index in [1.807, 2.05) is 13.0 Å². The van der Waals surface area contributed by atoms with E-state index in [1.54, 1.807) is 23.1 Å². The summed E-state index contributed by atoms with van der Waals surface area (Å²) in [4.78, 5) is 14.4. The maximum absolute atomic E-state index is 13.2. The van der Waals surface area contributed by atoms with Gasteiger partial charge in [-0.1, -0.05) is 35.3 Å². The molecule has 1 unspecified atom stereocenters. The zero-order chi connectivity index (χ0) is 17.3. The van der Waals surface area contributed by atoms with E-state index in [0.717, 1.165) is 5.56 Å². The zero-order valence-electron chi connectivity index (χ0n) is 13.1. The van der Waals surface area contributed by atoms with Gasteiger partial charge in [-0.2, -0.15) is 0 Å². The summed E-state index contributed by atoms with van der Waals surface area (Å²) in [6, 6.07) is 9.53. The molecular formula is C18H16Cl2FNO2. The van der Waals surface area contributed by atoms with Crippen LogP contribution in [0.15, 0.2) is 36.4 Å². The molecule has 0 N–H and O–H groups in total. The van der Waals surface area contributed by atoms with Gasteiger partial charge in [-0.25, -0.2) is 4.39 Å². The second-order valence-electron chi connectivity index (χ2n) is 5.76. The summed E-state index contributed by atoms with van der Waals surface area (Å²) < 4.78 is 18.9. The van der Waals surface area contributed by atoms with Crippen LogP contribution in [-0.4, -0.2) is 30.5 Å². The summed E-state index contributed by atoms with van der Waals surface area (Å²) in [5, 5.41) is 0.727. The number of nitrogens with zero attached hydrogens (tertiary/aromatic N) is 1. The number of benzene rings is 2. The average molecular weight is 368 g/mol. The Kier molecular flexibility index (Phi) is 5.09. The molecule has 0 spiro atoms. The highest BCUT2D eigenvalue weighted by Gasteiger charge is 2.28. The van der Waals surface area contributed by atoms with Crippen LogP contribution in [0.3, 0.4) is 0 Å². The van der Waals surface area contributed by atoms with Gasteiger partial charge < -0.3 is 9.64 Å². The van der Waals surface area contributed by atoms with E-state index in [1.165, 1.54) is 12.1 Å². The fourth-order valence-electron chi connectivity index (χ4n) is 2.75. The first kappa shape index (κ1) is 17.2. The molecule has 6 heteroatoms. The van der Waals surface area contributed by atoms with Gasteiger partial charge in [0.05, 0.1) is 23.7 Å². The first-order valence-electron chi connectivity index (χ1n) is 7.57. The lowest BCUT2D eigenvalue weighted by molar-refractivity contribution is -0.0228. The van der Waals surface area contributed by atoms with E-state index in [2.05, 4.69) is 0 Å². The highest BCUT2D eigenvalue weighted by Crippen LogP contribution is 2.30. The van der Waals surface area contributed by atoms with E-state index in [-0.39, 0.29) is 12.0 Å². The lowest BCUT2D eigenvalue weighted by Gasteiger charge is -2.33. The molecule has 1 atom stereocenters. The lowest BCUT2D eigenvalue weighted by atomic mass is 10.1. The normalized spacial score (nSPS) is 17.8. The maximum Gasteiger partial charge on any atom is 0.255 e. The van der Waals surface area contributed by atoms with Crippen molar-refractivity contribution < 1.29 is 13.9 Å². The number of morpholine rings is 1. The van der Waals surface area contributed by atoms with Gasteiger partial charge in [0.1, 0.15) is 11.9 Å². The summed E-state index contributed by atoms with van der Waals surface area (Å²) in [6.45, 7) is 3.11. The number of carbonyl (C=O) groups excluding carboxylic acids is 1. The molecule has 0 radical (unpaired) electrons. The summed E-state index contributed by atoms with van der Waals surface area (Å²) in [6.07, 6.45) is -0.389. The van der Waals surface area contributed by atoms with E-state index in [0.29, 0.717) is 40.9 Å². The highest BCUT2D eigenvalue weighted by molar-refractivity contribution is 6.34. The van der Waals surface area contributed by atoms with Crippen LogP contribution in [0.1, 0.15) is 27.6 Å². The first-order valence-corrected chi connectivity index (χ1v) is 8.33. The van der Waals surface area contributed by atoms with Crippen LogP contribution in [0, 0.1) is 12.7 Å². The number of ether oxygens (including phenoxy) is 1. The summed E-state index contributed by atoms with van der Waals surface area (Å²) in [5.74, 6) is -0.550. The predicted molar refractivity (Wildman–Crippen MR) is 92.2 cm³/mol. The molecule has 0 aliphatic carbocycles. The topological polar surface area (TPSA) is 29.5 Å². The number of aryl methyl sites for hydroxylation is 1. The second kappa shape index (κ2) is 7.09. The molecule has 1 amide bonds. The predicted octanol–water partition coefficient (Wildman–Crippen LogP) is 4.65. The van der Waals surface area contributed by atoms with Crippen LogP contribution in [0.5, 0.6) is 0 Å². The third-order valence-electron chi connectivity index (χ3n) is 4.02. The van der Waals surface area contributed by atoms with Crippen molar-refractivity contribution in [3.63, 3.8) is 0 Å². The minimum absolute atomic E-state index is 0.147. The van der Waals surface area contributed by atoms with Crippen LogP contribution in [0.4, 0.5) is 4.39 Å². The van der Waals surface area contributed by atoms with Crippen molar-refractivity contribution >= 4 is 29.1 Å². The van der Waals surface area contributed by atoms with Crippen molar-refractivity contribution in [2.75, 3.05) is 19.7 Å². The Balaban J connectivity index is 1.81. The van der Waals surface area contributed by atoms with Crippen molar-refractivity contribution in [1.82, 2.24) is 4.90 Å². The lowest BCUT2D eigenvalue weighted by Crippen LogP contribution is -2.42. The second-order valence-corrected chi connectivity index (χ2v) is 6.57. The average Bonchev–Trinajstić information content (AvgIpc) is 2.54. The molecule has 0 saturated carbocycles. The van der Waals surface area contributed by atoms with E-state index in [9.17, 15) is 9.18 Å². The SMILES string of the molecule is Cc1ccc(C(=O)N2CCOC(c3ccc(F)cc3Cl)C2)c(Cl)c1. The fourth-order valence-corrected chi connectivity index (χ4v) is 3.35. The largest absolute Gasteiger partial charge is 0.370 e. The van der Waals surface area contributed by atoms with Gasteiger partial charge in [-0.15, -0.1) is 0 Å². The Morgan fingerprint density at radius 1 is 1.21 bits per heavy atom. The standard InChI is InChI=1S/C18H16Cl2FNO2/c1-11-2-4-14(15(19)8-11)18(23)22-6-7-24-17(10-22)13-5-3-12(21)9-16(13)20/h2-5,8-9,17H,6-7,10H2,1H3. The van der Waals surface area contributed by atoms with Crippen LogP contribution in [0.2, 0.25) is 10.0 Å². The highest BCUT2D eigenvalue weighted by atomic mass is 35.5. The fraction of sp³-hybridized carbons (Fsp3) is 0.278. The molecule has 1 fully saturated rings. The molecule has 1 aliphatic heterocycles.